The summed E-state index contributed by atoms with van der Waals surface area (Å²) in [5.41, 5.74) is 0. The van der Waals surface area contributed by atoms with Gasteiger partial charge in [0, 0.05) is 0 Å². The molecule has 21 heavy (non-hydrogen) atoms. The van der Waals surface area contributed by atoms with Gasteiger partial charge >= 0.3 is 13.5 Å². The summed E-state index contributed by atoms with van der Waals surface area (Å²) in [6.45, 7) is 7.56. The molecule has 1 rings (SSSR count). The summed E-state index contributed by atoms with van der Waals surface area (Å²) >= 11 is 0. The highest BCUT2D eigenvalue weighted by Crippen LogP contribution is 2.45. The Bertz CT molecular complexity index is 490. The number of benzene rings is 1. The topological polar surface area (TPSA) is 64.6 Å². The average molecular weight is 313 g/mol. The molecule has 0 spiro atoms. The van der Waals surface area contributed by atoms with Gasteiger partial charge in [-0.1, -0.05) is 32.0 Å². The second kappa shape index (κ2) is 8.20. The number of hydrogen-bond donors (Lipinski definition) is 1. The molecule has 0 radical (unpaired) electrons. The van der Waals surface area contributed by atoms with Crippen molar-refractivity contribution in [2.24, 2.45) is 5.92 Å². The van der Waals surface area contributed by atoms with Crippen molar-refractivity contribution in [2.75, 3.05) is 12.8 Å². The van der Waals surface area contributed by atoms with Crippen LogP contribution >= 0.6 is 7.52 Å². The Morgan fingerprint density at radius 3 is 2.38 bits per heavy atom. The first-order valence-electron chi connectivity index (χ1n) is 7.14. The van der Waals surface area contributed by atoms with Crippen LogP contribution in [0.2, 0.25) is 0 Å². The zero-order chi connectivity index (χ0) is 15.9. The maximum absolute atomic E-state index is 13.0. The van der Waals surface area contributed by atoms with Crippen molar-refractivity contribution in [3.8, 4) is 5.75 Å². The predicted molar refractivity (Wildman–Crippen MR) is 83.6 cm³/mol. The van der Waals surface area contributed by atoms with Gasteiger partial charge in [0.25, 0.3) is 0 Å². The molecule has 0 aliphatic carbocycles. The van der Waals surface area contributed by atoms with Gasteiger partial charge in [0.2, 0.25) is 0 Å². The Labute approximate surface area is 126 Å². The smallest absolute Gasteiger partial charge is 0.323 e. The van der Waals surface area contributed by atoms with Crippen LogP contribution < -0.4 is 9.61 Å². The van der Waals surface area contributed by atoms with Crippen molar-refractivity contribution in [1.29, 1.82) is 0 Å². The van der Waals surface area contributed by atoms with E-state index in [-0.39, 0.29) is 5.92 Å². The van der Waals surface area contributed by atoms with E-state index >= 15 is 0 Å². The van der Waals surface area contributed by atoms with E-state index in [2.05, 4.69) is 5.09 Å². The lowest BCUT2D eigenvalue weighted by atomic mass is 10.3. The number of rotatable bonds is 8. The lowest BCUT2D eigenvalue weighted by Gasteiger charge is -2.24. The lowest BCUT2D eigenvalue weighted by molar-refractivity contribution is -0.144. The first kappa shape index (κ1) is 17.7. The number of esters is 1. The first-order valence-corrected chi connectivity index (χ1v) is 8.95. The average Bonchev–Trinajstić information content (AvgIpc) is 2.38. The van der Waals surface area contributed by atoms with E-state index < -0.39 is 19.5 Å². The number of carbonyl (C=O) groups is 1. The predicted octanol–water partition coefficient (Wildman–Crippen LogP) is 3.46. The maximum atomic E-state index is 13.0. The van der Waals surface area contributed by atoms with Gasteiger partial charge < -0.3 is 9.26 Å². The summed E-state index contributed by atoms with van der Waals surface area (Å²) in [5, 5.41) is 2.82. The Morgan fingerprint density at radius 2 is 1.86 bits per heavy atom. The molecule has 0 fully saturated rings. The van der Waals surface area contributed by atoms with Crippen molar-refractivity contribution >= 4 is 13.5 Å². The molecule has 0 aliphatic heterocycles. The van der Waals surface area contributed by atoms with Gasteiger partial charge in [-0.05, 0) is 31.9 Å². The van der Waals surface area contributed by atoms with Crippen molar-refractivity contribution < 1.29 is 18.6 Å². The molecule has 0 unspecified atom stereocenters. The summed E-state index contributed by atoms with van der Waals surface area (Å²) < 4.78 is 23.5. The normalized spacial score (nSPS) is 15.3. The molecule has 0 saturated carbocycles. The second-order valence-corrected chi connectivity index (χ2v) is 7.41. The zero-order valence-corrected chi connectivity index (χ0v) is 13.9. The van der Waals surface area contributed by atoms with Gasteiger partial charge in [-0.15, -0.1) is 0 Å². The summed E-state index contributed by atoms with van der Waals surface area (Å²) in [5.74, 6) is 0.254. The fraction of sp³-hybridized carbons (Fsp3) is 0.533. The van der Waals surface area contributed by atoms with Gasteiger partial charge in [-0.3, -0.25) is 9.36 Å². The summed E-state index contributed by atoms with van der Waals surface area (Å²) in [7, 11) is -3.18. The van der Waals surface area contributed by atoms with Gasteiger partial charge in [0.1, 0.15) is 11.8 Å². The van der Waals surface area contributed by atoms with Crippen LogP contribution in [0.5, 0.6) is 5.75 Å². The molecule has 5 nitrogen and oxygen atoms in total. The second-order valence-electron chi connectivity index (χ2n) is 5.26. The minimum atomic E-state index is -3.18. The summed E-state index contributed by atoms with van der Waals surface area (Å²) in [6, 6.07) is 8.27. The van der Waals surface area contributed by atoms with Crippen LogP contribution in [0.15, 0.2) is 30.3 Å². The third-order valence-electron chi connectivity index (χ3n) is 2.63. The van der Waals surface area contributed by atoms with Gasteiger partial charge in [-0.25, -0.2) is 5.09 Å². The maximum Gasteiger partial charge on any atom is 0.323 e. The van der Waals surface area contributed by atoms with E-state index in [1.807, 2.05) is 32.0 Å². The standard InChI is InChI=1S/C15H24NO4P/c1-5-19-15(17)13(4)16-21(18,11-12(2)3)20-14-9-7-6-8-10-14/h6-10,12-13H,5,11H2,1-4H3,(H,16,18)/t13-,21-/m0/s1. The van der Waals surface area contributed by atoms with Crippen LogP contribution in [0.3, 0.4) is 0 Å². The molecule has 6 heteroatoms. The largest absolute Gasteiger partial charge is 0.465 e. The minimum Gasteiger partial charge on any atom is -0.465 e. The fourth-order valence-corrected chi connectivity index (χ4v) is 4.22. The lowest BCUT2D eigenvalue weighted by Crippen LogP contribution is -2.35. The highest BCUT2D eigenvalue weighted by Gasteiger charge is 2.31. The van der Waals surface area contributed by atoms with Gasteiger partial charge in [-0.2, -0.15) is 0 Å². The van der Waals surface area contributed by atoms with E-state index in [1.165, 1.54) is 0 Å². The van der Waals surface area contributed by atoms with Gasteiger partial charge in [0.05, 0.1) is 12.8 Å². The summed E-state index contributed by atoms with van der Waals surface area (Å²) in [6.07, 6.45) is 0.339. The van der Waals surface area contributed by atoms with E-state index in [1.54, 1.807) is 26.0 Å². The number of carbonyl (C=O) groups excluding carboxylic acids is 1. The van der Waals surface area contributed by atoms with Crippen LogP contribution in [0.1, 0.15) is 27.7 Å². The monoisotopic (exact) mass is 313 g/mol. The molecular weight excluding hydrogens is 289 g/mol. The van der Waals surface area contributed by atoms with Gasteiger partial charge in [0.15, 0.2) is 0 Å². The molecular formula is C15H24NO4P. The molecule has 0 saturated heterocycles. The molecule has 0 bridgehead atoms. The van der Waals surface area contributed by atoms with Crippen molar-refractivity contribution in [3.63, 3.8) is 0 Å². The molecule has 2 atom stereocenters. The van der Waals surface area contributed by atoms with Crippen molar-refractivity contribution in [3.05, 3.63) is 30.3 Å². The van der Waals surface area contributed by atoms with Crippen molar-refractivity contribution in [1.82, 2.24) is 5.09 Å². The molecule has 1 N–H and O–H groups in total. The summed E-state index contributed by atoms with van der Waals surface area (Å²) in [4.78, 5) is 11.7. The number of nitrogens with one attached hydrogen (secondary N) is 1. The molecule has 1 aromatic carbocycles. The van der Waals surface area contributed by atoms with Crippen LogP contribution in [0.25, 0.3) is 0 Å². The number of ether oxygens (including phenoxy) is 1. The highest BCUT2D eigenvalue weighted by molar-refractivity contribution is 7.57. The third-order valence-corrected chi connectivity index (χ3v) is 5.13. The first-order chi connectivity index (χ1) is 9.86. The quantitative estimate of drug-likeness (QED) is 0.588. The Morgan fingerprint density at radius 1 is 1.24 bits per heavy atom. The minimum absolute atomic E-state index is 0.168. The van der Waals surface area contributed by atoms with Crippen LogP contribution in [0, 0.1) is 5.92 Å². The molecule has 118 valence electrons. The molecule has 1 aromatic rings. The molecule has 0 amide bonds. The highest BCUT2D eigenvalue weighted by atomic mass is 31.2. The van der Waals surface area contributed by atoms with Crippen molar-refractivity contribution in [2.45, 2.75) is 33.7 Å². The van der Waals surface area contributed by atoms with E-state index in [0.717, 1.165) is 0 Å². The van der Waals surface area contributed by atoms with Crippen LogP contribution in [-0.2, 0) is 14.1 Å². The number of para-hydroxylation sites is 1. The molecule has 0 heterocycles. The number of hydrogen-bond acceptors (Lipinski definition) is 4. The van der Waals surface area contributed by atoms with E-state index in [9.17, 15) is 9.36 Å². The fourth-order valence-electron chi connectivity index (χ4n) is 1.86. The zero-order valence-electron chi connectivity index (χ0n) is 13.0. The SMILES string of the molecule is CCOC(=O)[C@H](C)N[P@](=O)(CC(C)C)Oc1ccccc1. The van der Waals surface area contributed by atoms with Crippen LogP contribution in [-0.4, -0.2) is 24.8 Å². The molecule has 0 aliphatic rings. The Hall–Kier alpha value is -1.32. The Kier molecular flexibility index (Phi) is 6.93. The van der Waals surface area contributed by atoms with E-state index in [0.29, 0.717) is 18.5 Å². The van der Waals surface area contributed by atoms with Crippen LogP contribution in [0.4, 0.5) is 0 Å². The molecule has 0 aromatic heterocycles. The third kappa shape index (κ3) is 6.32. The Balaban J connectivity index is 2.83. The van der Waals surface area contributed by atoms with E-state index in [4.69, 9.17) is 9.26 Å².